The standard InChI is InChI=1S/C15H21N5O2/c1-12(21)18-6-8-19(9-7-18)14-11-16-13(10-17-14)15(22)20-4-2-3-5-20/h10-11H,2-9H2,1H3. The van der Waals surface area contributed by atoms with Crippen molar-refractivity contribution in [1.29, 1.82) is 0 Å². The van der Waals surface area contributed by atoms with Crippen molar-refractivity contribution in [2.24, 2.45) is 0 Å². The van der Waals surface area contributed by atoms with Crippen molar-refractivity contribution in [1.82, 2.24) is 19.8 Å². The molecule has 118 valence electrons. The largest absolute Gasteiger partial charge is 0.352 e. The van der Waals surface area contributed by atoms with Gasteiger partial charge >= 0.3 is 0 Å². The summed E-state index contributed by atoms with van der Waals surface area (Å²) < 4.78 is 0. The molecular formula is C15H21N5O2. The second-order valence-electron chi connectivity index (χ2n) is 5.75. The van der Waals surface area contributed by atoms with Crippen molar-refractivity contribution < 1.29 is 9.59 Å². The molecule has 0 atom stereocenters. The lowest BCUT2D eigenvalue weighted by Crippen LogP contribution is -2.48. The predicted molar refractivity (Wildman–Crippen MR) is 81.6 cm³/mol. The van der Waals surface area contributed by atoms with Crippen molar-refractivity contribution >= 4 is 17.6 Å². The number of likely N-dealkylation sites (tertiary alicyclic amines) is 1. The van der Waals surface area contributed by atoms with Gasteiger partial charge in [-0.1, -0.05) is 0 Å². The number of hydrogen-bond acceptors (Lipinski definition) is 5. The number of hydrogen-bond donors (Lipinski definition) is 0. The highest BCUT2D eigenvalue weighted by molar-refractivity contribution is 5.92. The normalized spacial score (nSPS) is 18.7. The van der Waals surface area contributed by atoms with Crippen molar-refractivity contribution in [2.75, 3.05) is 44.2 Å². The molecular weight excluding hydrogens is 282 g/mol. The molecule has 0 radical (unpaired) electrons. The van der Waals surface area contributed by atoms with Crippen LogP contribution in [0.3, 0.4) is 0 Å². The first-order chi connectivity index (χ1) is 10.6. The zero-order chi connectivity index (χ0) is 15.5. The van der Waals surface area contributed by atoms with Gasteiger partial charge in [-0.15, -0.1) is 0 Å². The van der Waals surface area contributed by atoms with Gasteiger partial charge in [0.2, 0.25) is 5.91 Å². The summed E-state index contributed by atoms with van der Waals surface area (Å²) in [5.74, 6) is 0.844. The minimum Gasteiger partial charge on any atom is -0.352 e. The summed E-state index contributed by atoms with van der Waals surface area (Å²) in [7, 11) is 0. The van der Waals surface area contributed by atoms with Crippen LogP contribution in [0.2, 0.25) is 0 Å². The fraction of sp³-hybridized carbons (Fsp3) is 0.600. The highest BCUT2D eigenvalue weighted by atomic mass is 16.2. The van der Waals surface area contributed by atoms with Crippen LogP contribution in [0.15, 0.2) is 12.4 Å². The summed E-state index contributed by atoms with van der Waals surface area (Å²) in [4.78, 5) is 37.9. The Kier molecular flexibility index (Phi) is 4.22. The molecule has 0 bridgehead atoms. The van der Waals surface area contributed by atoms with E-state index in [4.69, 9.17) is 0 Å². The maximum atomic E-state index is 12.2. The quantitative estimate of drug-likeness (QED) is 0.790. The van der Waals surface area contributed by atoms with E-state index in [1.54, 1.807) is 19.3 Å². The molecule has 3 rings (SSSR count). The number of aromatic nitrogens is 2. The highest BCUT2D eigenvalue weighted by Gasteiger charge is 2.22. The van der Waals surface area contributed by atoms with Gasteiger partial charge in [0.05, 0.1) is 12.4 Å². The van der Waals surface area contributed by atoms with E-state index in [-0.39, 0.29) is 11.8 Å². The fourth-order valence-corrected chi connectivity index (χ4v) is 2.93. The third-order valence-corrected chi connectivity index (χ3v) is 4.30. The maximum Gasteiger partial charge on any atom is 0.274 e. The maximum absolute atomic E-state index is 12.2. The Balaban J connectivity index is 1.62. The third kappa shape index (κ3) is 3.03. The SMILES string of the molecule is CC(=O)N1CCN(c2cnc(C(=O)N3CCCC3)cn2)CC1. The van der Waals surface area contributed by atoms with Crippen LogP contribution in [0.5, 0.6) is 0 Å². The lowest BCUT2D eigenvalue weighted by atomic mass is 10.3. The van der Waals surface area contributed by atoms with Crippen LogP contribution in [-0.2, 0) is 4.79 Å². The Morgan fingerprint density at radius 3 is 2.14 bits per heavy atom. The van der Waals surface area contributed by atoms with Crippen molar-refractivity contribution in [3.05, 3.63) is 18.1 Å². The summed E-state index contributed by atoms with van der Waals surface area (Å²) in [5, 5.41) is 0. The first-order valence-corrected chi connectivity index (χ1v) is 7.77. The van der Waals surface area contributed by atoms with Gasteiger partial charge in [0.1, 0.15) is 11.5 Å². The molecule has 22 heavy (non-hydrogen) atoms. The van der Waals surface area contributed by atoms with Gasteiger partial charge in [0.25, 0.3) is 5.91 Å². The van der Waals surface area contributed by atoms with E-state index in [9.17, 15) is 9.59 Å². The van der Waals surface area contributed by atoms with E-state index in [1.165, 1.54) is 0 Å². The molecule has 1 aromatic rings. The molecule has 2 aliphatic rings. The Hall–Kier alpha value is -2.18. The molecule has 0 unspecified atom stereocenters. The molecule has 2 fully saturated rings. The number of rotatable bonds is 2. The van der Waals surface area contributed by atoms with Crippen LogP contribution in [0, 0.1) is 0 Å². The molecule has 7 nitrogen and oxygen atoms in total. The van der Waals surface area contributed by atoms with E-state index in [1.807, 2.05) is 9.80 Å². The monoisotopic (exact) mass is 303 g/mol. The van der Waals surface area contributed by atoms with E-state index in [0.29, 0.717) is 18.8 Å². The summed E-state index contributed by atoms with van der Waals surface area (Å²) in [5.41, 5.74) is 0.410. The first kappa shape index (κ1) is 14.7. The topological polar surface area (TPSA) is 69.6 Å². The summed E-state index contributed by atoms with van der Waals surface area (Å²) in [6.07, 6.45) is 5.36. The molecule has 2 aliphatic heterocycles. The van der Waals surface area contributed by atoms with Crippen LogP contribution in [0.25, 0.3) is 0 Å². The van der Waals surface area contributed by atoms with Crippen LogP contribution in [-0.4, -0.2) is 70.9 Å². The molecule has 0 saturated carbocycles. The predicted octanol–water partition coefficient (Wildman–Crippen LogP) is 0.381. The number of nitrogens with zero attached hydrogens (tertiary/aromatic N) is 5. The second-order valence-corrected chi connectivity index (χ2v) is 5.75. The summed E-state index contributed by atoms with van der Waals surface area (Å²) in [6.45, 7) is 6.11. The van der Waals surface area contributed by atoms with Gasteiger partial charge in [-0.05, 0) is 12.8 Å². The average Bonchev–Trinajstić information content (AvgIpc) is 3.09. The molecule has 3 heterocycles. The molecule has 2 amide bonds. The molecule has 0 aromatic carbocycles. The third-order valence-electron chi connectivity index (χ3n) is 4.30. The van der Waals surface area contributed by atoms with Gasteiger partial charge < -0.3 is 14.7 Å². The van der Waals surface area contributed by atoms with Crippen LogP contribution < -0.4 is 4.90 Å². The lowest BCUT2D eigenvalue weighted by Gasteiger charge is -2.34. The Morgan fingerprint density at radius 1 is 0.909 bits per heavy atom. The van der Waals surface area contributed by atoms with Crippen molar-refractivity contribution in [3.8, 4) is 0 Å². The number of piperazine rings is 1. The Morgan fingerprint density at radius 2 is 1.59 bits per heavy atom. The van der Waals surface area contributed by atoms with Gasteiger partial charge in [0.15, 0.2) is 0 Å². The number of carbonyl (C=O) groups is 2. The van der Waals surface area contributed by atoms with E-state index in [0.717, 1.165) is 44.8 Å². The Labute approximate surface area is 129 Å². The average molecular weight is 303 g/mol. The lowest BCUT2D eigenvalue weighted by molar-refractivity contribution is -0.129. The van der Waals surface area contributed by atoms with Crippen LogP contribution in [0.4, 0.5) is 5.82 Å². The molecule has 1 aromatic heterocycles. The highest BCUT2D eigenvalue weighted by Crippen LogP contribution is 2.15. The second kappa shape index (κ2) is 6.29. The van der Waals surface area contributed by atoms with Crippen LogP contribution in [0.1, 0.15) is 30.3 Å². The number of anilines is 1. The smallest absolute Gasteiger partial charge is 0.274 e. The minimum absolute atomic E-state index is 0.0297. The summed E-state index contributed by atoms with van der Waals surface area (Å²) >= 11 is 0. The number of amides is 2. The van der Waals surface area contributed by atoms with Gasteiger partial charge in [-0.25, -0.2) is 9.97 Å². The Bertz CT molecular complexity index is 546. The van der Waals surface area contributed by atoms with Crippen LogP contribution >= 0.6 is 0 Å². The van der Waals surface area contributed by atoms with Gasteiger partial charge in [-0.2, -0.15) is 0 Å². The van der Waals surface area contributed by atoms with E-state index in [2.05, 4.69) is 14.9 Å². The van der Waals surface area contributed by atoms with E-state index < -0.39 is 0 Å². The fourth-order valence-electron chi connectivity index (χ4n) is 2.93. The molecule has 2 saturated heterocycles. The molecule has 0 N–H and O–H groups in total. The zero-order valence-corrected chi connectivity index (χ0v) is 12.9. The van der Waals surface area contributed by atoms with Crippen molar-refractivity contribution in [3.63, 3.8) is 0 Å². The zero-order valence-electron chi connectivity index (χ0n) is 12.9. The number of carbonyl (C=O) groups excluding carboxylic acids is 2. The van der Waals surface area contributed by atoms with Gasteiger partial charge in [0, 0.05) is 46.2 Å². The van der Waals surface area contributed by atoms with Crippen molar-refractivity contribution in [2.45, 2.75) is 19.8 Å². The minimum atomic E-state index is -0.0297. The first-order valence-electron chi connectivity index (χ1n) is 7.77. The summed E-state index contributed by atoms with van der Waals surface area (Å²) in [6, 6.07) is 0. The van der Waals surface area contributed by atoms with E-state index >= 15 is 0 Å². The van der Waals surface area contributed by atoms with Gasteiger partial charge in [-0.3, -0.25) is 9.59 Å². The molecule has 7 heteroatoms. The molecule has 0 aliphatic carbocycles. The molecule has 0 spiro atoms.